The lowest BCUT2D eigenvalue weighted by atomic mass is 10.1. The van der Waals surface area contributed by atoms with Gasteiger partial charge in [0.2, 0.25) is 0 Å². The van der Waals surface area contributed by atoms with E-state index in [0.29, 0.717) is 6.61 Å². The predicted octanol–water partition coefficient (Wildman–Crippen LogP) is 3.10. The maximum absolute atomic E-state index is 12.0. The van der Waals surface area contributed by atoms with Crippen LogP contribution >= 0.6 is 12.4 Å². The molecule has 0 aromatic heterocycles. The van der Waals surface area contributed by atoms with E-state index in [1.807, 2.05) is 23.1 Å². The number of benzene rings is 1. The van der Waals surface area contributed by atoms with Gasteiger partial charge in [0.1, 0.15) is 6.61 Å². The number of halogens is 1. The van der Waals surface area contributed by atoms with Gasteiger partial charge in [0, 0.05) is 32.7 Å². The lowest BCUT2D eigenvalue weighted by Crippen LogP contribution is -2.41. The number of nitrogens with zero attached hydrogens (tertiary/aromatic N) is 2. The largest absolute Gasteiger partial charge is 0.448 e. The van der Waals surface area contributed by atoms with Gasteiger partial charge in [-0.3, -0.25) is 4.90 Å². The van der Waals surface area contributed by atoms with E-state index in [4.69, 9.17) is 9.47 Å². The van der Waals surface area contributed by atoms with Crippen LogP contribution in [0.3, 0.4) is 0 Å². The Morgan fingerprint density at radius 1 is 1.12 bits per heavy atom. The molecule has 2 saturated heterocycles. The molecular weight excluding hydrogens is 328 g/mol. The van der Waals surface area contributed by atoms with Gasteiger partial charge in [0.25, 0.3) is 0 Å². The van der Waals surface area contributed by atoms with Crippen molar-refractivity contribution in [2.24, 2.45) is 0 Å². The van der Waals surface area contributed by atoms with Crippen molar-refractivity contribution in [1.29, 1.82) is 0 Å². The molecule has 24 heavy (non-hydrogen) atoms. The molecule has 0 aliphatic carbocycles. The summed E-state index contributed by atoms with van der Waals surface area (Å²) in [6.07, 6.45) is 3.37. The van der Waals surface area contributed by atoms with Crippen molar-refractivity contribution in [2.45, 2.75) is 25.4 Å². The minimum absolute atomic E-state index is 0. The maximum atomic E-state index is 12.0. The first-order chi connectivity index (χ1) is 11.3. The van der Waals surface area contributed by atoms with Crippen LogP contribution in [-0.2, 0) is 9.47 Å². The van der Waals surface area contributed by atoms with E-state index in [9.17, 15) is 4.79 Å². The molecule has 2 aliphatic rings. The zero-order chi connectivity index (χ0) is 15.9. The minimum atomic E-state index is -0.155. The second-order valence-corrected chi connectivity index (χ2v) is 6.23. The molecule has 1 aromatic carbocycles. The first kappa shape index (κ1) is 19.0. The summed E-state index contributed by atoms with van der Waals surface area (Å²) >= 11 is 0. The molecule has 0 N–H and O–H groups in total. The molecule has 1 unspecified atom stereocenters. The van der Waals surface area contributed by atoms with Crippen molar-refractivity contribution in [3.05, 3.63) is 35.9 Å². The number of amides is 1. The van der Waals surface area contributed by atoms with Crippen LogP contribution in [0.1, 0.15) is 30.9 Å². The molecule has 0 saturated carbocycles. The lowest BCUT2D eigenvalue weighted by Gasteiger charge is -2.33. The molecule has 0 radical (unpaired) electrons. The second kappa shape index (κ2) is 9.87. The number of ether oxygens (including phenoxy) is 2. The summed E-state index contributed by atoms with van der Waals surface area (Å²) in [5, 5.41) is 0. The lowest BCUT2D eigenvalue weighted by molar-refractivity contribution is -0.0353. The van der Waals surface area contributed by atoms with Crippen molar-refractivity contribution >= 4 is 18.5 Å². The van der Waals surface area contributed by atoms with E-state index in [2.05, 4.69) is 17.0 Å². The molecule has 1 atom stereocenters. The third-order valence-corrected chi connectivity index (χ3v) is 4.57. The molecular formula is C18H27ClN2O3. The number of carbonyl (C=O) groups is 1. The SMILES string of the molecule is Cl.O=C(OCCN1CCOC(c2ccccc2)C1)N1CCCCC1. The van der Waals surface area contributed by atoms with Crippen LogP contribution in [0.4, 0.5) is 4.79 Å². The average Bonchev–Trinajstić information content (AvgIpc) is 2.63. The number of carbonyl (C=O) groups excluding carboxylic acids is 1. The van der Waals surface area contributed by atoms with Crippen molar-refractivity contribution in [1.82, 2.24) is 9.80 Å². The zero-order valence-corrected chi connectivity index (χ0v) is 14.9. The summed E-state index contributed by atoms with van der Waals surface area (Å²) < 4.78 is 11.3. The van der Waals surface area contributed by atoms with Crippen molar-refractivity contribution < 1.29 is 14.3 Å². The summed E-state index contributed by atoms with van der Waals surface area (Å²) in [6.45, 7) is 5.37. The summed E-state index contributed by atoms with van der Waals surface area (Å²) in [6, 6.07) is 10.3. The normalized spacial score (nSPS) is 21.8. The molecule has 134 valence electrons. The Morgan fingerprint density at radius 3 is 2.62 bits per heavy atom. The molecule has 6 heteroatoms. The van der Waals surface area contributed by atoms with Crippen LogP contribution in [0.5, 0.6) is 0 Å². The smallest absolute Gasteiger partial charge is 0.409 e. The molecule has 2 heterocycles. The summed E-state index contributed by atoms with van der Waals surface area (Å²) in [4.78, 5) is 16.1. The van der Waals surface area contributed by atoms with Crippen LogP contribution in [-0.4, -0.2) is 61.8 Å². The Labute approximate surface area is 150 Å². The van der Waals surface area contributed by atoms with E-state index < -0.39 is 0 Å². The third kappa shape index (κ3) is 5.36. The van der Waals surface area contributed by atoms with Crippen LogP contribution < -0.4 is 0 Å². The van der Waals surface area contributed by atoms with Crippen LogP contribution in [0.25, 0.3) is 0 Å². The van der Waals surface area contributed by atoms with Crippen LogP contribution in [0.2, 0.25) is 0 Å². The first-order valence-corrected chi connectivity index (χ1v) is 8.63. The van der Waals surface area contributed by atoms with Crippen LogP contribution in [0.15, 0.2) is 30.3 Å². The predicted molar refractivity (Wildman–Crippen MR) is 95.6 cm³/mol. The molecule has 2 aliphatic heterocycles. The van der Waals surface area contributed by atoms with Gasteiger partial charge in [-0.15, -0.1) is 12.4 Å². The second-order valence-electron chi connectivity index (χ2n) is 6.23. The van der Waals surface area contributed by atoms with E-state index >= 15 is 0 Å². The summed E-state index contributed by atoms with van der Waals surface area (Å²) in [5.41, 5.74) is 1.21. The Hall–Kier alpha value is -1.30. The Balaban J connectivity index is 0.00000208. The van der Waals surface area contributed by atoms with E-state index in [0.717, 1.165) is 52.2 Å². The van der Waals surface area contributed by atoms with Gasteiger partial charge in [0.15, 0.2) is 0 Å². The Bertz CT molecular complexity index is 494. The fourth-order valence-corrected chi connectivity index (χ4v) is 3.20. The molecule has 2 fully saturated rings. The maximum Gasteiger partial charge on any atom is 0.409 e. The highest BCUT2D eigenvalue weighted by atomic mass is 35.5. The Morgan fingerprint density at radius 2 is 1.88 bits per heavy atom. The fraction of sp³-hybridized carbons (Fsp3) is 0.611. The molecule has 1 aromatic rings. The summed E-state index contributed by atoms with van der Waals surface area (Å²) in [7, 11) is 0. The van der Waals surface area contributed by atoms with Crippen LogP contribution in [0, 0.1) is 0 Å². The van der Waals surface area contributed by atoms with E-state index in [1.165, 1.54) is 12.0 Å². The number of hydrogen-bond acceptors (Lipinski definition) is 4. The minimum Gasteiger partial charge on any atom is -0.448 e. The standard InChI is InChI=1S/C18H26N2O3.ClH/c21-18(20-9-5-2-6-10-20)23-14-12-19-11-13-22-17(15-19)16-7-3-1-4-8-16;/h1,3-4,7-8,17H,2,5-6,9-15H2;1H. The molecule has 0 spiro atoms. The highest BCUT2D eigenvalue weighted by molar-refractivity contribution is 5.85. The molecule has 1 amide bonds. The Kier molecular flexibility index (Phi) is 7.82. The van der Waals surface area contributed by atoms with Crippen molar-refractivity contribution in [3.63, 3.8) is 0 Å². The first-order valence-electron chi connectivity index (χ1n) is 8.63. The monoisotopic (exact) mass is 354 g/mol. The highest BCUT2D eigenvalue weighted by Crippen LogP contribution is 2.21. The highest BCUT2D eigenvalue weighted by Gasteiger charge is 2.22. The number of piperidine rings is 1. The molecule has 0 bridgehead atoms. The van der Waals surface area contributed by atoms with E-state index in [1.54, 1.807) is 0 Å². The third-order valence-electron chi connectivity index (χ3n) is 4.57. The van der Waals surface area contributed by atoms with Crippen molar-refractivity contribution in [2.75, 3.05) is 45.9 Å². The number of likely N-dealkylation sites (tertiary alicyclic amines) is 1. The van der Waals surface area contributed by atoms with Gasteiger partial charge in [-0.25, -0.2) is 4.79 Å². The van der Waals surface area contributed by atoms with Gasteiger partial charge in [-0.05, 0) is 24.8 Å². The fourth-order valence-electron chi connectivity index (χ4n) is 3.20. The molecule has 5 nitrogen and oxygen atoms in total. The number of morpholine rings is 1. The molecule has 3 rings (SSSR count). The van der Waals surface area contributed by atoms with Gasteiger partial charge in [-0.1, -0.05) is 30.3 Å². The number of hydrogen-bond donors (Lipinski definition) is 0. The quantitative estimate of drug-likeness (QED) is 0.833. The number of rotatable bonds is 4. The summed E-state index contributed by atoms with van der Waals surface area (Å²) in [5.74, 6) is 0. The van der Waals surface area contributed by atoms with Gasteiger partial charge in [0.05, 0.1) is 12.7 Å². The van der Waals surface area contributed by atoms with Gasteiger partial charge < -0.3 is 14.4 Å². The van der Waals surface area contributed by atoms with Crippen molar-refractivity contribution in [3.8, 4) is 0 Å². The van der Waals surface area contributed by atoms with E-state index in [-0.39, 0.29) is 24.6 Å². The average molecular weight is 355 g/mol. The van der Waals surface area contributed by atoms with Gasteiger partial charge in [-0.2, -0.15) is 0 Å². The van der Waals surface area contributed by atoms with Gasteiger partial charge >= 0.3 is 6.09 Å². The topological polar surface area (TPSA) is 42.0 Å². The zero-order valence-electron chi connectivity index (χ0n) is 14.1.